The number of nitrogens with one attached hydrogen (secondary N) is 1. The van der Waals surface area contributed by atoms with Gasteiger partial charge < -0.3 is 19.0 Å². The number of rotatable bonds is 6. The number of hydrogen-bond acceptors (Lipinski definition) is 3. The average molecular weight is 382 g/mol. The van der Waals surface area contributed by atoms with Gasteiger partial charge in [0.05, 0.1) is 17.6 Å². The van der Waals surface area contributed by atoms with Crippen molar-refractivity contribution in [3.8, 4) is 5.75 Å². The first-order chi connectivity index (χ1) is 11.6. The molecule has 2 N–H and O–H groups in total. The molecule has 1 unspecified atom stereocenters. The number of ether oxygens (including phenoxy) is 1. The number of aromatic nitrogens is 2. The Morgan fingerprint density at radius 3 is 2.28 bits per heavy atom. The van der Waals surface area contributed by atoms with Crippen molar-refractivity contribution in [1.29, 1.82) is 5.41 Å². The first-order valence-corrected chi connectivity index (χ1v) is 8.27. The van der Waals surface area contributed by atoms with Crippen LogP contribution in [0.2, 0.25) is 5.02 Å². The Kier molecular flexibility index (Phi) is 6.53. The second-order valence-corrected chi connectivity index (χ2v) is 6.02. The van der Waals surface area contributed by atoms with E-state index in [1.807, 2.05) is 40.3 Å². The molecule has 0 saturated heterocycles. The summed E-state index contributed by atoms with van der Waals surface area (Å²) in [4.78, 5) is 0. The first-order valence-electron chi connectivity index (χ1n) is 7.89. The Balaban J connectivity index is 0.00000225. The lowest BCUT2D eigenvalue weighted by atomic mass is 10.3. The normalized spacial score (nSPS) is 12.0. The van der Waals surface area contributed by atoms with Crippen molar-refractivity contribution in [3.63, 3.8) is 0 Å². The van der Waals surface area contributed by atoms with Gasteiger partial charge in [-0.3, -0.25) is 5.41 Å². The minimum Gasteiger partial charge on any atom is -0.491 e. The van der Waals surface area contributed by atoms with Crippen LogP contribution < -0.4 is 10.4 Å². The Bertz CT molecular complexity index is 887. The van der Waals surface area contributed by atoms with Crippen LogP contribution in [0.1, 0.15) is 6.92 Å². The third kappa shape index (κ3) is 4.18. The predicted octanol–water partition coefficient (Wildman–Crippen LogP) is 3.46. The molecule has 0 radical (unpaired) electrons. The summed E-state index contributed by atoms with van der Waals surface area (Å²) >= 11 is 5.84. The Labute approximate surface area is 157 Å². The molecule has 0 spiro atoms. The Morgan fingerprint density at radius 2 is 1.68 bits per heavy atom. The van der Waals surface area contributed by atoms with Gasteiger partial charge in [0, 0.05) is 11.6 Å². The van der Waals surface area contributed by atoms with Gasteiger partial charge in [-0.2, -0.15) is 0 Å². The summed E-state index contributed by atoms with van der Waals surface area (Å²) in [6.07, 6.45) is -0.717. The maximum atomic E-state index is 10.3. The summed E-state index contributed by atoms with van der Waals surface area (Å²) in [5, 5.41) is 19.3. The number of halogens is 2. The van der Waals surface area contributed by atoms with Crippen LogP contribution in [0.15, 0.2) is 48.5 Å². The van der Waals surface area contributed by atoms with Gasteiger partial charge in [-0.15, -0.1) is 12.4 Å². The molecular weight excluding hydrogens is 361 g/mol. The molecule has 5 nitrogen and oxygen atoms in total. The average Bonchev–Trinajstić information content (AvgIpc) is 2.86. The van der Waals surface area contributed by atoms with Gasteiger partial charge in [0.2, 0.25) is 5.62 Å². The number of hydrogen-bond donors (Lipinski definition) is 2. The maximum absolute atomic E-state index is 10.3. The monoisotopic (exact) mass is 381 g/mol. The summed E-state index contributed by atoms with van der Waals surface area (Å²) in [5.41, 5.74) is 2.31. The van der Waals surface area contributed by atoms with E-state index in [0.29, 0.717) is 29.5 Å². The lowest BCUT2D eigenvalue weighted by molar-refractivity contribution is 0.0921. The zero-order valence-corrected chi connectivity index (χ0v) is 15.4. The van der Waals surface area contributed by atoms with E-state index in [2.05, 4.69) is 0 Å². The Morgan fingerprint density at radius 1 is 1.08 bits per heavy atom. The minimum atomic E-state index is -0.717. The van der Waals surface area contributed by atoms with Crippen molar-refractivity contribution in [1.82, 2.24) is 9.13 Å². The molecule has 0 amide bonds. The fourth-order valence-corrected chi connectivity index (χ4v) is 2.91. The first kappa shape index (κ1) is 19.4. The molecule has 0 saturated carbocycles. The molecule has 0 aliphatic carbocycles. The summed E-state index contributed by atoms with van der Waals surface area (Å²) in [5.74, 6) is 0.658. The number of imidazole rings is 1. The van der Waals surface area contributed by atoms with E-state index >= 15 is 0 Å². The van der Waals surface area contributed by atoms with Crippen LogP contribution in [-0.2, 0) is 13.1 Å². The largest absolute Gasteiger partial charge is 0.491 e. The van der Waals surface area contributed by atoms with Gasteiger partial charge in [0.1, 0.15) is 18.5 Å². The molecule has 134 valence electrons. The van der Waals surface area contributed by atoms with Crippen LogP contribution in [0.5, 0.6) is 5.75 Å². The maximum Gasteiger partial charge on any atom is 0.203 e. The molecule has 2 aromatic carbocycles. The number of aliphatic hydroxyl groups is 1. The molecule has 25 heavy (non-hydrogen) atoms. The molecule has 3 aromatic rings. The van der Waals surface area contributed by atoms with Crippen molar-refractivity contribution >= 4 is 35.0 Å². The number of para-hydroxylation sites is 2. The fraction of sp³-hybridized carbons (Fsp3) is 0.278. The summed E-state index contributed by atoms with van der Waals surface area (Å²) in [6, 6.07) is 14.9. The highest BCUT2D eigenvalue weighted by Crippen LogP contribution is 2.16. The summed E-state index contributed by atoms with van der Waals surface area (Å²) in [7, 11) is 0. The minimum absolute atomic E-state index is 0. The SMILES string of the molecule is CCn1c(=N)n(CC(O)COc2ccc(Cl)cc2)c2ccccc21.Cl. The topological polar surface area (TPSA) is 63.2 Å². The van der Waals surface area contributed by atoms with E-state index in [0.717, 1.165) is 11.0 Å². The highest BCUT2D eigenvalue weighted by atomic mass is 35.5. The van der Waals surface area contributed by atoms with Crippen molar-refractivity contribution < 1.29 is 9.84 Å². The Hall–Kier alpha value is -1.95. The van der Waals surface area contributed by atoms with Crippen molar-refractivity contribution in [2.45, 2.75) is 26.1 Å². The smallest absolute Gasteiger partial charge is 0.203 e. The van der Waals surface area contributed by atoms with Crippen molar-refractivity contribution in [3.05, 3.63) is 59.2 Å². The van der Waals surface area contributed by atoms with Crippen molar-refractivity contribution in [2.75, 3.05) is 6.61 Å². The zero-order chi connectivity index (χ0) is 17.1. The second kappa shape index (κ2) is 8.43. The molecule has 0 fully saturated rings. The number of fused-ring (bicyclic) bond motifs is 1. The molecule has 1 atom stereocenters. The highest BCUT2D eigenvalue weighted by Gasteiger charge is 2.13. The summed E-state index contributed by atoms with van der Waals surface area (Å²) < 4.78 is 9.32. The molecule has 0 bridgehead atoms. The van der Waals surface area contributed by atoms with E-state index in [1.54, 1.807) is 24.3 Å². The zero-order valence-electron chi connectivity index (χ0n) is 13.9. The van der Waals surface area contributed by atoms with Gasteiger partial charge in [-0.05, 0) is 43.3 Å². The van der Waals surface area contributed by atoms with Gasteiger partial charge in [0.25, 0.3) is 0 Å². The summed E-state index contributed by atoms with van der Waals surface area (Å²) in [6.45, 7) is 3.18. The second-order valence-electron chi connectivity index (χ2n) is 5.59. The van der Waals surface area contributed by atoms with Gasteiger partial charge in [-0.25, -0.2) is 0 Å². The van der Waals surface area contributed by atoms with Gasteiger partial charge >= 0.3 is 0 Å². The molecule has 0 aliphatic heterocycles. The van der Waals surface area contributed by atoms with Crippen molar-refractivity contribution in [2.24, 2.45) is 0 Å². The third-order valence-electron chi connectivity index (χ3n) is 3.94. The van der Waals surface area contributed by atoms with E-state index in [4.69, 9.17) is 21.7 Å². The highest BCUT2D eigenvalue weighted by molar-refractivity contribution is 6.30. The molecule has 1 aromatic heterocycles. The van der Waals surface area contributed by atoms with Crippen LogP contribution in [0.25, 0.3) is 11.0 Å². The molecule has 7 heteroatoms. The predicted molar refractivity (Wildman–Crippen MR) is 102 cm³/mol. The molecule has 3 rings (SSSR count). The molecular formula is C18H21Cl2N3O2. The number of nitrogens with zero attached hydrogens (tertiary/aromatic N) is 2. The van der Waals surface area contributed by atoms with Crippen LogP contribution in [0.4, 0.5) is 0 Å². The quantitative estimate of drug-likeness (QED) is 0.686. The molecule has 0 aliphatic rings. The lowest BCUT2D eigenvalue weighted by Gasteiger charge is -2.13. The van der Waals surface area contributed by atoms with Crippen LogP contribution in [-0.4, -0.2) is 27.0 Å². The van der Waals surface area contributed by atoms with E-state index in [9.17, 15) is 5.11 Å². The number of aliphatic hydroxyl groups excluding tert-OH is 1. The van der Waals surface area contributed by atoms with E-state index < -0.39 is 6.10 Å². The van der Waals surface area contributed by atoms with E-state index in [1.165, 1.54) is 0 Å². The lowest BCUT2D eigenvalue weighted by Crippen LogP contribution is -2.31. The third-order valence-corrected chi connectivity index (χ3v) is 4.19. The fourth-order valence-electron chi connectivity index (χ4n) is 2.79. The number of aryl methyl sites for hydroxylation is 1. The van der Waals surface area contributed by atoms with Gasteiger partial charge in [-0.1, -0.05) is 23.7 Å². The number of benzene rings is 2. The standard InChI is InChI=1S/C18H20ClN3O2.ClH/c1-2-21-16-5-3-4-6-17(16)22(18(21)20)11-14(23)12-24-15-9-7-13(19)8-10-15;/h3-10,14,20,23H,2,11-12H2,1H3;1H. The van der Waals surface area contributed by atoms with E-state index in [-0.39, 0.29) is 19.0 Å². The van der Waals surface area contributed by atoms with Gasteiger partial charge in [0.15, 0.2) is 0 Å². The molecule has 1 heterocycles. The van der Waals surface area contributed by atoms with Crippen LogP contribution >= 0.6 is 24.0 Å². The van der Waals surface area contributed by atoms with Crippen LogP contribution in [0, 0.1) is 5.41 Å². The van der Waals surface area contributed by atoms with Crippen LogP contribution in [0.3, 0.4) is 0 Å².